The van der Waals surface area contributed by atoms with Crippen molar-refractivity contribution >= 4 is 5.69 Å². The van der Waals surface area contributed by atoms with Gasteiger partial charge in [-0.15, -0.1) is 0 Å². The van der Waals surface area contributed by atoms with Crippen LogP contribution in [0.15, 0.2) is 12.1 Å². The summed E-state index contributed by atoms with van der Waals surface area (Å²) in [7, 11) is 3.97. The average molecular weight is 299 g/mol. The van der Waals surface area contributed by atoms with Gasteiger partial charge in [-0.2, -0.15) is 0 Å². The monoisotopic (exact) mass is 299 g/mol. The SMILES string of the molecule is CCN(CCCN(C)C)c1c(F)cc(CC(C)N)cc1F. The van der Waals surface area contributed by atoms with E-state index in [2.05, 4.69) is 4.90 Å². The largest absolute Gasteiger partial charge is 0.367 e. The van der Waals surface area contributed by atoms with E-state index in [-0.39, 0.29) is 11.7 Å². The molecule has 1 aromatic carbocycles. The van der Waals surface area contributed by atoms with Crippen molar-refractivity contribution in [1.29, 1.82) is 0 Å². The number of nitrogens with two attached hydrogens (primary N) is 1. The van der Waals surface area contributed by atoms with Gasteiger partial charge in [0, 0.05) is 19.1 Å². The zero-order chi connectivity index (χ0) is 16.0. The lowest BCUT2D eigenvalue weighted by molar-refractivity contribution is 0.400. The second-order valence-corrected chi connectivity index (χ2v) is 5.83. The van der Waals surface area contributed by atoms with Crippen molar-refractivity contribution < 1.29 is 8.78 Å². The van der Waals surface area contributed by atoms with Gasteiger partial charge in [-0.1, -0.05) is 0 Å². The van der Waals surface area contributed by atoms with Crippen LogP contribution in [0.2, 0.25) is 0 Å². The van der Waals surface area contributed by atoms with Crippen LogP contribution in [0.4, 0.5) is 14.5 Å². The van der Waals surface area contributed by atoms with Crippen molar-refractivity contribution in [3.63, 3.8) is 0 Å². The standard InChI is InChI=1S/C16H27F2N3/c1-5-21(8-6-7-20(3)4)16-14(17)10-13(9-12(2)19)11-15(16)18/h10-12H,5-9,19H2,1-4H3. The first-order valence-electron chi connectivity index (χ1n) is 7.48. The molecule has 0 fully saturated rings. The van der Waals surface area contributed by atoms with Crippen molar-refractivity contribution in [1.82, 2.24) is 4.90 Å². The highest BCUT2D eigenvalue weighted by atomic mass is 19.1. The number of benzene rings is 1. The third-order valence-corrected chi connectivity index (χ3v) is 3.37. The molecule has 1 atom stereocenters. The van der Waals surface area contributed by atoms with Crippen LogP contribution >= 0.6 is 0 Å². The van der Waals surface area contributed by atoms with Gasteiger partial charge < -0.3 is 15.5 Å². The molecule has 0 radical (unpaired) electrons. The van der Waals surface area contributed by atoms with Gasteiger partial charge in [0.1, 0.15) is 17.3 Å². The van der Waals surface area contributed by atoms with Crippen LogP contribution in [-0.2, 0) is 6.42 Å². The normalized spacial score (nSPS) is 12.8. The Labute approximate surface area is 126 Å². The Balaban J connectivity index is 2.88. The van der Waals surface area contributed by atoms with Gasteiger partial charge in [0.15, 0.2) is 0 Å². The zero-order valence-electron chi connectivity index (χ0n) is 13.5. The molecule has 0 bridgehead atoms. The first-order valence-corrected chi connectivity index (χ1v) is 7.48. The molecule has 1 rings (SSSR count). The predicted octanol–water partition coefficient (Wildman–Crippen LogP) is 2.63. The van der Waals surface area contributed by atoms with Crippen LogP contribution in [0.5, 0.6) is 0 Å². The highest BCUT2D eigenvalue weighted by Crippen LogP contribution is 2.25. The van der Waals surface area contributed by atoms with Gasteiger partial charge in [0.25, 0.3) is 0 Å². The van der Waals surface area contributed by atoms with Crippen LogP contribution < -0.4 is 10.6 Å². The number of nitrogens with zero attached hydrogens (tertiary/aromatic N) is 2. The summed E-state index contributed by atoms with van der Waals surface area (Å²) < 4.78 is 28.5. The van der Waals surface area contributed by atoms with Crippen molar-refractivity contribution in [2.24, 2.45) is 5.73 Å². The Morgan fingerprint density at radius 3 is 2.14 bits per heavy atom. The molecule has 0 aliphatic rings. The number of anilines is 1. The molecule has 120 valence electrons. The van der Waals surface area contributed by atoms with Crippen LogP contribution in [0.3, 0.4) is 0 Å². The first kappa shape index (κ1) is 17.9. The van der Waals surface area contributed by atoms with E-state index >= 15 is 0 Å². The summed E-state index contributed by atoms with van der Waals surface area (Å²) in [4.78, 5) is 3.82. The highest BCUT2D eigenvalue weighted by molar-refractivity contribution is 5.50. The Morgan fingerprint density at radius 1 is 1.14 bits per heavy atom. The van der Waals surface area contributed by atoms with Gasteiger partial charge in [0.2, 0.25) is 0 Å². The lowest BCUT2D eigenvalue weighted by atomic mass is 10.1. The summed E-state index contributed by atoms with van der Waals surface area (Å²) in [6.07, 6.45) is 1.34. The maximum Gasteiger partial charge on any atom is 0.149 e. The van der Waals surface area contributed by atoms with Crippen LogP contribution in [0, 0.1) is 11.6 Å². The second-order valence-electron chi connectivity index (χ2n) is 5.83. The third kappa shape index (κ3) is 5.59. The van der Waals surface area contributed by atoms with E-state index in [9.17, 15) is 8.78 Å². The minimum absolute atomic E-state index is 0.0738. The lowest BCUT2D eigenvalue weighted by Crippen LogP contribution is -2.29. The molecular formula is C16H27F2N3. The third-order valence-electron chi connectivity index (χ3n) is 3.37. The maximum atomic E-state index is 14.3. The molecular weight excluding hydrogens is 272 g/mol. The minimum atomic E-state index is -0.502. The summed E-state index contributed by atoms with van der Waals surface area (Å²) in [5.74, 6) is -1.00. The smallest absolute Gasteiger partial charge is 0.149 e. The number of hydrogen-bond acceptors (Lipinski definition) is 3. The molecule has 3 nitrogen and oxygen atoms in total. The first-order chi connectivity index (χ1) is 9.85. The molecule has 0 saturated heterocycles. The van der Waals surface area contributed by atoms with Gasteiger partial charge >= 0.3 is 0 Å². The van der Waals surface area contributed by atoms with E-state index in [0.29, 0.717) is 25.1 Å². The van der Waals surface area contributed by atoms with Crippen molar-refractivity contribution in [3.8, 4) is 0 Å². The molecule has 0 aromatic heterocycles. The van der Waals surface area contributed by atoms with Gasteiger partial charge in [-0.3, -0.25) is 0 Å². The van der Waals surface area contributed by atoms with Crippen LogP contribution in [0.1, 0.15) is 25.8 Å². The number of hydrogen-bond donors (Lipinski definition) is 1. The Hall–Kier alpha value is -1.20. The van der Waals surface area contributed by atoms with Gasteiger partial charge in [-0.05, 0) is 65.0 Å². The molecule has 5 heteroatoms. The van der Waals surface area contributed by atoms with E-state index in [4.69, 9.17) is 5.73 Å². The van der Waals surface area contributed by atoms with E-state index in [1.54, 1.807) is 4.90 Å². The molecule has 0 spiro atoms. The fourth-order valence-electron chi connectivity index (χ4n) is 2.42. The molecule has 0 amide bonds. The highest BCUT2D eigenvalue weighted by Gasteiger charge is 2.17. The Kier molecular flexibility index (Phi) is 7.05. The van der Waals surface area contributed by atoms with Gasteiger partial charge in [-0.25, -0.2) is 8.78 Å². The number of rotatable bonds is 8. The van der Waals surface area contributed by atoms with E-state index in [0.717, 1.165) is 13.0 Å². The van der Waals surface area contributed by atoms with Crippen molar-refractivity contribution in [2.45, 2.75) is 32.7 Å². The lowest BCUT2D eigenvalue weighted by Gasteiger charge is -2.25. The molecule has 1 aromatic rings. The van der Waals surface area contributed by atoms with Crippen LogP contribution in [0.25, 0.3) is 0 Å². The average Bonchev–Trinajstić information content (AvgIpc) is 2.34. The fraction of sp³-hybridized carbons (Fsp3) is 0.625. The summed E-state index contributed by atoms with van der Waals surface area (Å²) in [6, 6.07) is 2.68. The summed E-state index contributed by atoms with van der Waals surface area (Å²) >= 11 is 0. The van der Waals surface area contributed by atoms with Crippen molar-refractivity contribution in [2.75, 3.05) is 38.6 Å². The molecule has 0 aliphatic heterocycles. The fourth-order valence-corrected chi connectivity index (χ4v) is 2.42. The molecule has 0 saturated carbocycles. The quantitative estimate of drug-likeness (QED) is 0.801. The molecule has 2 N–H and O–H groups in total. The zero-order valence-corrected chi connectivity index (χ0v) is 13.5. The summed E-state index contributed by atoms with van der Waals surface area (Å²) in [5, 5.41) is 0. The summed E-state index contributed by atoms with van der Waals surface area (Å²) in [5.41, 5.74) is 6.36. The Morgan fingerprint density at radius 2 is 1.71 bits per heavy atom. The minimum Gasteiger partial charge on any atom is -0.367 e. The maximum absolute atomic E-state index is 14.3. The van der Waals surface area contributed by atoms with E-state index in [1.807, 2.05) is 27.9 Å². The van der Waals surface area contributed by atoms with Crippen LogP contribution in [-0.4, -0.2) is 44.7 Å². The molecule has 0 heterocycles. The van der Waals surface area contributed by atoms with E-state index in [1.165, 1.54) is 12.1 Å². The predicted molar refractivity (Wildman–Crippen MR) is 84.8 cm³/mol. The topological polar surface area (TPSA) is 32.5 Å². The summed E-state index contributed by atoms with van der Waals surface area (Å²) in [6.45, 7) is 5.83. The van der Waals surface area contributed by atoms with Gasteiger partial charge in [0.05, 0.1) is 0 Å². The number of halogens is 2. The molecule has 1 unspecified atom stereocenters. The van der Waals surface area contributed by atoms with Crippen molar-refractivity contribution in [3.05, 3.63) is 29.3 Å². The molecule has 0 aliphatic carbocycles. The molecule has 21 heavy (non-hydrogen) atoms. The second kappa shape index (κ2) is 8.29. The Bertz CT molecular complexity index is 424. The van der Waals surface area contributed by atoms with E-state index < -0.39 is 11.6 Å².